The number of guanidine groups is 1. The number of ether oxygens (including phenoxy) is 1. The van der Waals surface area contributed by atoms with Gasteiger partial charge in [0.25, 0.3) is 0 Å². The van der Waals surface area contributed by atoms with E-state index in [9.17, 15) is 4.79 Å². The Morgan fingerprint density at radius 2 is 1.96 bits per heavy atom. The first-order valence-electron chi connectivity index (χ1n) is 8.65. The van der Waals surface area contributed by atoms with Gasteiger partial charge in [-0.05, 0) is 33.6 Å². The van der Waals surface area contributed by atoms with Crippen molar-refractivity contribution >= 4 is 12.1 Å². The molecule has 0 saturated carbocycles. The zero-order valence-electron chi connectivity index (χ0n) is 16.1. The Morgan fingerprint density at radius 3 is 2.52 bits per heavy atom. The molecule has 0 aliphatic heterocycles. The fourth-order valence-electron chi connectivity index (χ4n) is 1.83. The van der Waals surface area contributed by atoms with Crippen molar-refractivity contribution in [1.29, 1.82) is 0 Å². The maximum absolute atomic E-state index is 11.6. The van der Waals surface area contributed by atoms with Gasteiger partial charge in [0.2, 0.25) is 0 Å². The van der Waals surface area contributed by atoms with Crippen LogP contribution in [0.3, 0.4) is 0 Å². The Hall–Kier alpha value is -2.25. The van der Waals surface area contributed by atoms with Gasteiger partial charge in [-0.3, -0.25) is 0 Å². The summed E-state index contributed by atoms with van der Waals surface area (Å²) in [6, 6.07) is 1.92. The van der Waals surface area contributed by atoms with E-state index in [1.165, 1.54) is 0 Å². The minimum atomic E-state index is -0.500. The van der Waals surface area contributed by atoms with Gasteiger partial charge in [0.05, 0.1) is 5.69 Å². The minimum absolute atomic E-state index is 0.326. The van der Waals surface area contributed by atoms with E-state index in [1.807, 2.05) is 33.8 Å². The number of aliphatic imine (C=N–C) groups is 1. The maximum Gasteiger partial charge on any atom is 0.407 e. The SMILES string of the molecule is CCNC(=NCc1cc(C(C)C)no1)NCCNC(=O)OC(C)(C)C. The number of hydrogen-bond acceptors (Lipinski definition) is 5. The average Bonchev–Trinajstić information content (AvgIpc) is 2.96. The highest BCUT2D eigenvalue weighted by Gasteiger charge is 2.15. The number of aromatic nitrogens is 1. The third-order valence-corrected chi connectivity index (χ3v) is 2.99. The summed E-state index contributed by atoms with van der Waals surface area (Å²) in [5.74, 6) is 1.69. The Balaban J connectivity index is 2.41. The first kappa shape index (κ1) is 20.8. The Morgan fingerprint density at radius 1 is 1.28 bits per heavy atom. The maximum atomic E-state index is 11.6. The summed E-state index contributed by atoms with van der Waals surface area (Å²) in [5.41, 5.74) is 0.421. The van der Waals surface area contributed by atoms with Crippen molar-refractivity contribution in [2.45, 2.75) is 59.6 Å². The van der Waals surface area contributed by atoms with Crippen molar-refractivity contribution in [2.24, 2.45) is 4.99 Å². The standard InChI is InChI=1S/C17H31N5O3/c1-7-18-15(19-8-9-20-16(23)24-17(4,5)6)21-11-13-10-14(12(2)3)22-25-13/h10,12H,7-9,11H2,1-6H3,(H,20,23)(H2,18,19,21). The number of carbonyl (C=O) groups is 1. The van der Waals surface area contributed by atoms with E-state index < -0.39 is 11.7 Å². The molecule has 8 heteroatoms. The molecule has 8 nitrogen and oxygen atoms in total. The molecular formula is C17H31N5O3. The number of carbonyl (C=O) groups excluding carboxylic acids is 1. The predicted octanol–water partition coefficient (Wildman–Crippen LogP) is 2.38. The normalized spacial score (nSPS) is 12.2. The highest BCUT2D eigenvalue weighted by molar-refractivity contribution is 5.79. The van der Waals surface area contributed by atoms with E-state index in [-0.39, 0.29) is 0 Å². The van der Waals surface area contributed by atoms with Gasteiger partial charge in [-0.15, -0.1) is 0 Å². The fourth-order valence-corrected chi connectivity index (χ4v) is 1.83. The zero-order valence-corrected chi connectivity index (χ0v) is 16.1. The molecule has 1 aromatic rings. The van der Waals surface area contributed by atoms with Crippen LogP contribution >= 0.6 is 0 Å². The summed E-state index contributed by atoms with van der Waals surface area (Å²) in [4.78, 5) is 16.0. The summed E-state index contributed by atoms with van der Waals surface area (Å²) in [6.07, 6.45) is -0.431. The van der Waals surface area contributed by atoms with Crippen molar-refractivity contribution in [3.63, 3.8) is 0 Å². The summed E-state index contributed by atoms with van der Waals surface area (Å²) in [7, 11) is 0. The van der Waals surface area contributed by atoms with Crippen molar-refractivity contribution in [3.05, 3.63) is 17.5 Å². The van der Waals surface area contributed by atoms with E-state index in [0.717, 1.165) is 12.2 Å². The summed E-state index contributed by atoms with van der Waals surface area (Å²) >= 11 is 0. The lowest BCUT2D eigenvalue weighted by molar-refractivity contribution is 0.0529. The molecule has 1 amide bonds. The van der Waals surface area contributed by atoms with Crippen LogP contribution in [0.5, 0.6) is 0 Å². The second kappa shape index (κ2) is 9.90. The molecule has 25 heavy (non-hydrogen) atoms. The van der Waals surface area contributed by atoms with E-state index in [0.29, 0.717) is 37.3 Å². The molecule has 0 atom stereocenters. The molecule has 3 N–H and O–H groups in total. The monoisotopic (exact) mass is 353 g/mol. The second-order valence-corrected chi connectivity index (χ2v) is 6.92. The van der Waals surface area contributed by atoms with Crippen molar-refractivity contribution in [3.8, 4) is 0 Å². The molecule has 1 aromatic heterocycles. The molecular weight excluding hydrogens is 322 g/mol. The summed E-state index contributed by atoms with van der Waals surface area (Å²) < 4.78 is 10.4. The molecule has 0 radical (unpaired) electrons. The molecule has 0 fully saturated rings. The van der Waals surface area contributed by atoms with Crippen molar-refractivity contribution in [1.82, 2.24) is 21.1 Å². The lowest BCUT2D eigenvalue weighted by atomic mass is 10.1. The Kier molecular flexibility index (Phi) is 8.24. The summed E-state index contributed by atoms with van der Waals surface area (Å²) in [6.45, 7) is 13.7. The minimum Gasteiger partial charge on any atom is -0.444 e. The van der Waals surface area contributed by atoms with Crippen LogP contribution in [0.4, 0.5) is 4.79 Å². The lowest BCUT2D eigenvalue weighted by Crippen LogP contribution is -2.42. The third kappa shape index (κ3) is 8.97. The molecule has 0 unspecified atom stereocenters. The number of nitrogens with zero attached hydrogens (tertiary/aromatic N) is 2. The fraction of sp³-hybridized carbons (Fsp3) is 0.706. The van der Waals surface area contributed by atoms with E-state index in [1.54, 1.807) is 0 Å². The molecule has 0 saturated heterocycles. The molecule has 1 heterocycles. The molecule has 0 aliphatic carbocycles. The van der Waals surface area contributed by atoms with Gasteiger partial charge in [0.15, 0.2) is 11.7 Å². The van der Waals surface area contributed by atoms with Crippen LogP contribution < -0.4 is 16.0 Å². The molecule has 142 valence electrons. The van der Waals surface area contributed by atoms with Gasteiger partial charge in [-0.2, -0.15) is 0 Å². The topological polar surface area (TPSA) is 101 Å². The van der Waals surface area contributed by atoms with E-state index in [2.05, 4.69) is 39.9 Å². The quantitative estimate of drug-likeness (QED) is 0.395. The predicted molar refractivity (Wildman–Crippen MR) is 97.6 cm³/mol. The average molecular weight is 353 g/mol. The molecule has 0 aliphatic rings. The number of alkyl carbamates (subject to hydrolysis) is 1. The van der Waals surface area contributed by atoms with Gasteiger partial charge in [-0.1, -0.05) is 19.0 Å². The van der Waals surface area contributed by atoms with Crippen LogP contribution in [-0.2, 0) is 11.3 Å². The van der Waals surface area contributed by atoms with Crippen molar-refractivity contribution < 1.29 is 14.1 Å². The van der Waals surface area contributed by atoms with Gasteiger partial charge in [-0.25, -0.2) is 9.79 Å². The van der Waals surface area contributed by atoms with Gasteiger partial charge in [0, 0.05) is 25.7 Å². The smallest absolute Gasteiger partial charge is 0.407 e. The zero-order chi connectivity index (χ0) is 18.9. The largest absolute Gasteiger partial charge is 0.444 e. The van der Waals surface area contributed by atoms with Crippen LogP contribution in [0.2, 0.25) is 0 Å². The molecule has 0 bridgehead atoms. The number of nitrogens with one attached hydrogen (secondary N) is 3. The van der Waals surface area contributed by atoms with Crippen LogP contribution in [0.25, 0.3) is 0 Å². The molecule has 0 spiro atoms. The first-order valence-corrected chi connectivity index (χ1v) is 8.65. The van der Waals surface area contributed by atoms with Crippen LogP contribution in [0, 0.1) is 0 Å². The third-order valence-electron chi connectivity index (χ3n) is 2.99. The lowest BCUT2D eigenvalue weighted by Gasteiger charge is -2.19. The first-order chi connectivity index (χ1) is 11.7. The van der Waals surface area contributed by atoms with Crippen LogP contribution in [0.15, 0.2) is 15.6 Å². The number of rotatable bonds is 7. The van der Waals surface area contributed by atoms with Gasteiger partial charge < -0.3 is 25.2 Å². The van der Waals surface area contributed by atoms with E-state index >= 15 is 0 Å². The van der Waals surface area contributed by atoms with Crippen molar-refractivity contribution in [2.75, 3.05) is 19.6 Å². The molecule has 0 aromatic carbocycles. The molecule has 1 rings (SSSR count). The Labute approximate surface area is 149 Å². The van der Waals surface area contributed by atoms with Gasteiger partial charge in [0.1, 0.15) is 12.1 Å². The highest BCUT2D eigenvalue weighted by atomic mass is 16.6. The van der Waals surface area contributed by atoms with Crippen LogP contribution in [-0.4, -0.2) is 42.4 Å². The summed E-state index contributed by atoms with van der Waals surface area (Å²) in [5, 5.41) is 13.0. The highest BCUT2D eigenvalue weighted by Crippen LogP contribution is 2.14. The second-order valence-electron chi connectivity index (χ2n) is 6.92. The number of hydrogen-bond donors (Lipinski definition) is 3. The van der Waals surface area contributed by atoms with Crippen LogP contribution in [0.1, 0.15) is 58.9 Å². The number of amides is 1. The van der Waals surface area contributed by atoms with E-state index in [4.69, 9.17) is 9.26 Å². The van der Waals surface area contributed by atoms with Gasteiger partial charge >= 0.3 is 6.09 Å². The Bertz CT molecular complexity index is 561.